The fraction of sp³-hybridized carbons (Fsp3) is 0.636. The van der Waals surface area contributed by atoms with Gasteiger partial charge in [0.2, 0.25) is 0 Å². The van der Waals surface area contributed by atoms with Crippen LogP contribution in [0.25, 0.3) is 0 Å². The van der Waals surface area contributed by atoms with Crippen LogP contribution in [-0.4, -0.2) is 33.5 Å². The van der Waals surface area contributed by atoms with Crippen molar-refractivity contribution in [1.82, 2.24) is 9.88 Å². The number of rotatable bonds is 3. The van der Waals surface area contributed by atoms with Crippen molar-refractivity contribution in [1.29, 1.82) is 0 Å². The molecule has 0 amide bonds. The molecule has 1 aromatic rings. The van der Waals surface area contributed by atoms with Gasteiger partial charge in [-0.3, -0.25) is 9.69 Å². The Kier molecular flexibility index (Phi) is 3.25. The van der Waals surface area contributed by atoms with Crippen molar-refractivity contribution >= 4 is 17.3 Å². The van der Waals surface area contributed by atoms with Crippen LogP contribution in [0.2, 0.25) is 0 Å². The average Bonchev–Trinajstić information content (AvgIpc) is 2.84. The molecule has 1 aliphatic rings. The fourth-order valence-corrected chi connectivity index (χ4v) is 2.96. The van der Waals surface area contributed by atoms with Gasteiger partial charge in [0.1, 0.15) is 6.04 Å². The highest BCUT2D eigenvalue weighted by Gasteiger charge is 2.34. The minimum Gasteiger partial charge on any atom is -0.480 e. The molecule has 5 heteroatoms. The van der Waals surface area contributed by atoms with E-state index < -0.39 is 5.97 Å². The van der Waals surface area contributed by atoms with E-state index in [1.54, 1.807) is 11.3 Å². The first-order valence-electron chi connectivity index (χ1n) is 5.50. The molecule has 1 aromatic heterocycles. The third kappa shape index (κ3) is 2.10. The van der Waals surface area contributed by atoms with E-state index in [2.05, 4.69) is 4.98 Å². The molecule has 0 aromatic carbocycles. The molecule has 16 heavy (non-hydrogen) atoms. The normalized spacial score (nSPS) is 23.5. The molecule has 1 N–H and O–H groups in total. The molecule has 2 unspecified atom stereocenters. The predicted octanol–water partition coefficient (Wildman–Crippen LogP) is 2.06. The number of aromatic nitrogens is 1. The van der Waals surface area contributed by atoms with Gasteiger partial charge in [0.15, 0.2) is 0 Å². The minimum atomic E-state index is -0.712. The van der Waals surface area contributed by atoms with Crippen LogP contribution in [-0.2, 0) is 4.79 Å². The van der Waals surface area contributed by atoms with E-state index >= 15 is 0 Å². The summed E-state index contributed by atoms with van der Waals surface area (Å²) in [6.07, 6.45) is 1.72. The Labute approximate surface area is 98.9 Å². The molecule has 4 nitrogen and oxygen atoms in total. The summed E-state index contributed by atoms with van der Waals surface area (Å²) in [5, 5.41) is 12.2. The average molecular weight is 240 g/mol. The van der Waals surface area contributed by atoms with E-state index in [0.29, 0.717) is 0 Å². The first kappa shape index (κ1) is 11.5. The molecule has 1 aliphatic heterocycles. The Morgan fingerprint density at radius 3 is 3.06 bits per heavy atom. The van der Waals surface area contributed by atoms with Gasteiger partial charge in [-0.2, -0.15) is 0 Å². The summed E-state index contributed by atoms with van der Waals surface area (Å²) in [5.74, 6) is -0.712. The topological polar surface area (TPSA) is 53.4 Å². The van der Waals surface area contributed by atoms with Crippen LogP contribution >= 0.6 is 11.3 Å². The number of carboxylic acid groups (broad SMARTS) is 1. The van der Waals surface area contributed by atoms with Crippen molar-refractivity contribution in [3.05, 3.63) is 16.1 Å². The van der Waals surface area contributed by atoms with Gasteiger partial charge in [-0.1, -0.05) is 0 Å². The Hall–Kier alpha value is -0.940. The van der Waals surface area contributed by atoms with Gasteiger partial charge in [-0.15, -0.1) is 11.3 Å². The van der Waals surface area contributed by atoms with E-state index in [9.17, 15) is 4.79 Å². The van der Waals surface area contributed by atoms with Gasteiger partial charge in [0, 0.05) is 5.38 Å². The zero-order valence-corrected chi connectivity index (χ0v) is 10.3. The zero-order chi connectivity index (χ0) is 11.7. The lowest BCUT2D eigenvalue weighted by Crippen LogP contribution is -2.37. The number of aryl methyl sites for hydroxylation is 1. The Balaban J connectivity index is 2.15. The smallest absolute Gasteiger partial charge is 0.320 e. The third-order valence-electron chi connectivity index (χ3n) is 3.14. The number of hydrogen-bond donors (Lipinski definition) is 1. The molecular formula is C11H16N2O2S. The maximum absolute atomic E-state index is 11.1. The molecule has 88 valence electrons. The fourth-order valence-electron chi connectivity index (χ4n) is 2.26. The molecule has 1 saturated heterocycles. The number of aliphatic carboxylic acids is 1. The lowest BCUT2D eigenvalue weighted by molar-refractivity contribution is -0.142. The van der Waals surface area contributed by atoms with Crippen molar-refractivity contribution < 1.29 is 9.90 Å². The zero-order valence-electron chi connectivity index (χ0n) is 9.51. The highest BCUT2D eigenvalue weighted by molar-refractivity contribution is 7.09. The lowest BCUT2D eigenvalue weighted by Gasteiger charge is -2.26. The van der Waals surface area contributed by atoms with Crippen LogP contribution < -0.4 is 0 Å². The van der Waals surface area contributed by atoms with Crippen LogP contribution in [0.15, 0.2) is 5.38 Å². The summed E-state index contributed by atoms with van der Waals surface area (Å²) in [7, 11) is 0. The predicted molar refractivity (Wildman–Crippen MR) is 62.6 cm³/mol. The maximum Gasteiger partial charge on any atom is 0.320 e. The summed E-state index contributed by atoms with van der Waals surface area (Å²) in [6, 6.07) is -0.231. The second-order valence-electron chi connectivity index (χ2n) is 4.20. The van der Waals surface area contributed by atoms with Gasteiger partial charge in [-0.25, -0.2) is 4.98 Å². The van der Waals surface area contributed by atoms with Crippen molar-refractivity contribution in [2.75, 3.05) is 6.54 Å². The van der Waals surface area contributed by atoms with Crippen molar-refractivity contribution in [3.63, 3.8) is 0 Å². The van der Waals surface area contributed by atoms with E-state index in [4.69, 9.17) is 5.11 Å². The molecule has 0 bridgehead atoms. The van der Waals surface area contributed by atoms with Gasteiger partial charge in [0.25, 0.3) is 0 Å². The molecular weight excluding hydrogens is 224 g/mol. The quantitative estimate of drug-likeness (QED) is 0.878. The summed E-state index contributed by atoms with van der Waals surface area (Å²) in [5.41, 5.74) is 0.996. The Morgan fingerprint density at radius 1 is 1.75 bits per heavy atom. The molecule has 0 radical (unpaired) electrons. The number of hydrogen-bond acceptors (Lipinski definition) is 4. The first-order chi connectivity index (χ1) is 7.59. The van der Waals surface area contributed by atoms with Crippen LogP contribution in [0.5, 0.6) is 0 Å². The monoisotopic (exact) mass is 240 g/mol. The summed E-state index contributed by atoms with van der Waals surface area (Å²) < 4.78 is 0. The number of nitrogens with zero attached hydrogens (tertiary/aromatic N) is 2. The Morgan fingerprint density at radius 2 is 2.50 bits per heavy atom. The van der Waals surface area contributed by atoms with Crippen LogP contribution in [0, 0.1) is 6.92 Å². The van der Waals surface area contributed by atoms with Gasteiger partial charge in [0.05, 0.1) is 16.7 Å². The second-order valence-corrected chi connectivity index (χ2v) is 5.26. The first-order valence-corrected chi connectivity index (χ1v) is 6.38. The number of carboxylic acids is 1. The molecule has 2 heterocycles. The molecule has 1 fully saturated rings. The van der Waals surface area contributed by atoms with Crippen LogP contribution in [0.3, 0.4) is 0 Å². The molecule has 2 atom stereocenters. The highest BCUT2D eigenvalue weighted by Crippen LogP contribution is 2.29. The van der Waals surface area contributed by atoms with E-state index in [0.717, 1.165) is 30.1 Å². The Bertz CT molecular complexity index is 391. The molecule has 2 rings (SSSR count). The molecule has 0 saturated carbocycles. The molecule has 0 aliphatic carbocycles. The number of carbonyl (C=O) groups is 1. The van der Waals surface area contributed by atoms with E-state index in [1.807, 2.05) is 24.1 Å². The second kappa shape index (κ2) is 4.51. The molecule has 0 spiro atoms. The summed E-state index contributed by atoms with van der Waals surface area (Å²) >= 11 is 1.62. The van der Waals surface area contributed by atoms with E-state index in [-0.39, 0.29) is 12.1 Å². The standard InChI is InChI=1S/C11H16N2O2S/c1-7(9-6-16-8(2)12-9)13-5-3-4-10(13)11(14)15/h6-7,10H,3-5H2,1-2H3,(H,14,15). The SMILES string of the molecule is Cc1nc(C(C)N2CCCC2C(=O)O)cs1. The van der Waals surface area contributed by atoms with Crippen molar-refractivity contribution in [2.24, 2.45) is 0 Å². The van der Waals surface area contributed by atoms with E-state index in [1.165, 1.54) is 0 Å². The third-order valence-corrected chi connectivity index (χ3v) is 3.93. The van der Waals surface area contributed by atoms with Crippen LogP contribution in [0.1, 0.15) is 36.5 Å². The van der Waals surface area contributed by atoms with Crippen molar-refractivity contribution in [2.45, 2.75) is 38.8 Å². The summed E-state index contributed by atoms with van der Waals surface area (Å²) in [6.45, 7) is 4.87. The van der Waals surface area contributed by atoms with Gasteiger partial charge >= 0.3 is 5.97 Å². The number of likely N-dealkylation sites (tertiary alicyclic amines) is 1. The minimum absolute atomic E-state index is 0.105. The maximum atomic E-state index is 11.1. The largest absolute Gasteiger partial charge is 0.480 e. The van der Waals surface area contributed by atoms with Gasteiger partial charge in [-0.05, 0) is 33.2 Å². The van der Waals surface area contributed by atoms with Crippen LogP contribution in [0.4, 0.5) is 0 Å². The van der Waals surface area contributed by atoms with Gasteiger partial charge < -0.3 is 5.11 Å². The lowest BCUT2D eigenvalue weighted by atomic mass is 10.1. The van der Waals surface area contributed by atoms with Crippen molar-refractivity contribution in [3.8, 4) is 0 Å². The highest BCUT2D eigenvalue weighted by atomic mass is 32.1. The number of thiazole rings is 1. The summed E-state index contributed by atoms with van der Waals surface area (Å²) in [4.78, 5) is 17.6.